The summed E-state index contributed by atoms with van der Waals surface area (Å²) < 4.78 is 16.9. The van der Waals surface area contributed by atoms with Crippen molar-refractivity contribution in [1.29, 1.82) is 0 Å². The molecule has 0 unspecified atom stereocenters. The van der Waals surface area contributed by atoms with E-state index >= 15 is 4.39 Å². The van der Waals surface area contributed by atoms with E-state index in [1.54, 1.807) is 18.5 Å². The maximum absolute atomic E-state index is 15.1. The maximum atomic E-state index is 15.1. The second-order valence-electron chi connectivity index (χ2n) is 8.17. The second-order valence-corrected chi connectivity index (χ2v) is 8.17. The molecule has 1 aliphatic heterocycles. The lowest BCUT2D eigenvalue weighted by molar-refractivity contribution is 0.0695. The fraction of sp³-hybridized carbons (Fsp3) is 0.364. The summed E-state index contributed by atoms with van der Waals surface area (Å²) in [7, 11) is 0. The molecule has 2 aliphatic rings. The van der Waals surface area contributed by atoms with E-state index in [1.165, 1.54) is 12.3 Å². The molecule has 160 valence electrons. The number of carboxylic acid groups (broad SMARTS) is 1. The van der Waals surface area contributed by atoms with Crippen LogP contribution in [-0.2, 0) is 0 Å². The summed E-state index contributed by atoms with van der Waals surface area (Å²) in [6.07, 6.45) is 6.79. The Kier molecular flexibility index (Phi) is 4.60. The number of aromatic nitrogens is 3. The number of halogens is 1. The summed E-state index contributed by atoms with van der Waals surface area (Å²) in [6.45, 7) is 4.40. The van der Waals surface area contributed by atoms with E-state index in [0.717, 1.165) is 18.4 Å². The molecule has 1 saturated heterocycles. The first kappa shape index (κ1) is 19.5. The molecule has 31 heavy (non-hydrogen) atoms. The van der Waals surface area contributed by atoms with Crippen molar-refractivity contribution in [2.75, 3.05) is 36.0 Å². The number of rotatable bonds is 4. The van der Waals surface area contributed by atoms with Crippen LogP contribution in [0.1, 0.15) is 34.8 Å². The van der Waals surface area contributed by atoms with Crippen LogP contribution in [0.3, 0.4) is 0 Å². The molecule has 0 bridgehead atoms. The predicted molar refractivity (Wildman–Crippen MR) is 115 cm³/mol. The third-order valence-electron chi connectivity index (χ3n) is 5.94. The Morgan fingerprint density at radius 3 is 2.35 bits per heavy atom. The number of pyridine rings is 1. The van der Waals surface area contributed by atoms with Gasteiger partial charge in [0.2, 0.25) is 11.4 Å². The molecule has 2 aromatic heterocycles. The quantitative estimate of drug-likeness (QED) is 0.690. The number of aromatic carboxylic acids is 1. The summed E-state index contributed by atoms with van der Waals surface area (Å²) in [6, 6.07) is 3.03. The first-order valence-electron chi connectivity index (χ1n) is 10.3. The standard InChI is InChI=1S/C22H22FN5O3/c1-13-10-24-22(25-11-13)27-6-4-26(5-7-27)19-9-18-15(8-17(19)23)20(29)16(21(30)31)12-28(18)14-2-3-14/h8-12,14H,2-7H2,1H3,(H,30,31). The number of nitrogens with zero attached hydrogens (tertiary/aromatic N) is 5. The van der Waals surface area contributed by atoms with Crippen LogP contribution in [0.15, 0.2) is 35.5 Å². The molecule has 2 fully saturated rings. The molecule has 0 atom stereocenters. The largest absolute Gasteiger partial charge is 0.477 e. The lowest BCUT2D eigenvalue weighted by Crippen LogP contribution is -2.47. The average Bonchev–Trinajstić information content (AvgIpc) is 3.60. The summed E-state index contributed by atoms with van der Waals surface area (Å²) in [5, 5.41) is 9.49. The fourth-order valence-electron chi connectivity index (χ4n) is 4.10. The van der Waals surface area contributed by atoms with E-state index in [4.69, 9.17) is 0 Å². The zero-order valence-corrected chi connectivity index (χ0v) is 17.1. The van der Waals surface area contributed by atoms with Crippen molar-refractivity contribution in [1.82, 2.24) is 14.5 Å². The lowest BCUT2D eigenvalue weighted by atomic mass is 10.1. The third-order valence-corrected chi connectivity index (χ3v) is 5.94. The number of benzene rings is 1. The highest BCUT2D eigenvalue weighted by Crippen LogP contribution is 2.38. The van der Waals surface area contributed by atoms with Crippen LogP contribution in [-0.4, -0.2) is 51.8 Å². The molecule has 1 N–H and O–H groups in total. The van der Waals surface area contributed by atoms with E-state index in [0.29, 0.717) is 43.3 Å². The molecule has 3 aromatic rings. The first-order valence-corrected chi connectivity index (χ1v) is 10.3. The van der Waals surface area contributed by atoms with Gasteiger partial charge in [-0.05, 0) is 37.5 Å². The van der Waals surface area contributed by atoms with Gasteiger partial charge in [-0.2, -0.15) is 0 Å². The smallest absolute Gasteiger partial charge is 0.341 e. The average molecular weight is 423 g/mol. The molecule has 5 rings (SSSR count). The Morgan fingerprint density at radius 1 is 1.10 bits per heavy atom. The Labute approximate surface area is 177 Å². The SMILES string of the molecule is Cc1cnc(N2CCN(c3cc4c(cc3F)c(=O)c(C(=O)O)cn4C3CC3)CC2)nc1. The molecule has 9 heteroatoms. The van der Waals surface area contributed by atoms with Gasteiger partial charge in [0.1, 0.15) is 11.4 Å². The normalized spacial score (nSPS) is 16.7. The molecule has 0 radical (unpaired) electrons. The van der Waals surface area contributed by atoms with Crippen LogP contribution in [0, 0.1) is 12.7 Å². The van der Waals surface area contributed by atoms with Crippen molar-refractivity contribution in [2.24, 2.45) is 0 Å². The number of anilines is 2. The van der Waals surface area contributed by atoms with Gasteiger partial charge in [-0.1, -0.05) is 0 Å². The van der Waals surface area contributed by atoms with E-state index in [2.05, 4.69) is 14.9 Å². The zero-order chi connectivity index (χ0) is 21.7. The Morgan fingerprint density at radius 2 is 1.74 bits per heavy atom. The first-order chi connectivity index (χ1) is 14.9. The van der Waals surface area contributed by atoms with Crippen molar-refractivity contribution in [3.63, 3.8) is 0 Å². The number of piperazine rings is 1. The van der Waals surface area contributed by atoms with Crippen LogP contribution >= 0.6 is 0 Å². The minimum atomic E-state index is -1.29. The molecule has 3 heterocycles. The maximum Gasteiger partial charge on any atom is 0.341 e. The minimum absolute atomic E-state index is 0.111. The van der Waals surface area contributed by atoms with Gasteiger partial charge in [-0.3, -0.25) is 4.79 Å². The van der Waals surface area contributed by atoms with Crippen molar-refractivity contribution < 1.29 is 14.3 Å². The number of fused-ring (bicyclic) bond motifs is 1. The van der Waals surface area contributed by atoms with Crippen LogP contribution in [0.25, 0.3) is 10.9 Å². The van der Waals surface area contributed by atoms with Gasteiger partial charge in [0.25, 0.3) is 0 Å². The Balaban J connectivity index is 1.48. The van der Waals surface area contributed by atoms with Gasteiger partial charge in [-0.15, -0.1) is 0 Å². The number of carboxylic acids is 1. The highest BCUT2D eigenvalue weighted by Gasteiger charge is 2.28. The van der Waals surface area contributed by atoms with Gasteiger partial charge in [0.05, 0.1) is 11.2 Å². The van der Waals surface area contributed by atoms with Crippen LogP contribution in [0.5, 0.6) is 0 Å². The number of hydrogen-bond donors (Lipinski definition) is 1. The van der Waals surface area contributed by atoms with Gasteiger partial charge < -0.3 is 19.5 Å². The summed E-state index contributed by atoms with van der Waals surface area (Å²) in [5.41, 5.74) is 1.03. The van der Waals surface area contributed by atoms with Gasteiger partial charge in [0, 0.05) is 56.2 Å². The summed E-state index contributed by atoms with van der Waals surface area (Å²) >= 11 is 0. The monoisotopic (exact) mass is 423 g/mol. The highest BCUT2D eigenvalue weighted by atomic mass is 19.1. The number of aryl methyl sites for hydroxylation is 1. The van der Waals surface area contributed by atoms with E-state index in [1.807, 2.05) is 16.4 Å². The fourth-order valence-corrected chi connectivity index (χ4v) is 4.10. The van der Waals surface area contributed by atoms with Gasteiger partial charge in [0.15, 0.2) is 0 Å². The minimum Gasteiger partial charge on any atom is -0.477 e. The van der Waals surface area contributed by atoms with Crippen molar-refractivity contribution in [3.05, 3.63) is 57.9 Å². The molecular formula is C22H22FN5O3. The molecule has 8 nitrogen and oxygen atoms in total. The van der Waals surface area contributed by atoms with Crippen LogP contribution < -0.4 is 15.2 Å². The molecule has 1 aliphatic carbocycles. The van der Waals surface area contributed by atoms with E-state index in [-0.39, 0.29) is 17.0 Å². The topological polar surface area (TPSA) is 91.6 Å². The molecule has 0 amide bonds. The second kappa shape index (κ2) is 7.33. The lowest BCUT2D eigenvalue weighted by Gasteiger charge is -2.36. The molecular weight excluding hydrogens is 401 g/mol. The summed E-state index contributed by atoms with van der Waals surface area (Å²) in [5.74, 6) is -1.15. The number of hydrogen-bond acceptors (Lipinski definition) is 6. The molecule has 0 spiro atoms. The molecule has 1 aromatic carbocycles. The van der Waals surface area contributed by atoms with Crippen molar-refractivity contribution in [3.8, 4) is 0 Å². The predicted octanol–water partition coefficient (Wildman–Crippen LogP) is 2.60. The Bertz CT molecular complexity index is 1230. The van der Waals surface area contributed by atoms with Crippen LogP contribution in [0.4, 0.5) is 16.0 Å². The molecule has 1 saturated carbocycles. The van der Waals surface area contributed by atoms with E-state index < -0.39 is 17.2 Å². The van der Waals surface area contributed by atoms with E-state index in [9.17, 15) is 14.7 Å². The highest BCUT2D eigenvalue weighted by molar-refractivity contribution is 5.93. The third kappa shape index (κ3) is 3.49. The van der Waals surface area contributed by atoms with Crippen molar-refractivity contribution in [2.45, 2.75) is 25.8 Å². The Hall–Kier alpha value is -3.49. The number of carbonyl (C=O) groups is 1. The summed E-state index contributed by atoms with van der Waals surface area (Å²) in [4.78, 5) is 36.9. The van der Waals surface area contributed by atoms with Gasteiger partial charge in [-0.25, -0.2) is 19.2 Å². The van der Waals surface area contributed by atoms with Crippen molar-refractivity contribution >= 4 is 28.5 Å². The van der Waals surface area contributed by atoms with Crippen LogP contribution in [0.2, 0.25) is 0 Å². The van der Waals surface area contributed by atoms with Gasteiger partial charge >= 0.3 is 5.97 Å². The zero-order valence-electron chi connectivity index (χ0n) is 17.1.